The molecule has 1 unspecified atom stereocenters. The topological polar surface area (TPSA) is 83.3 Å². The highest BCUT2D eigenvalue weighted by Gasteiger charge is 2.31. The van der Waals surface area contributed by atoms with Crippen LogP contribution in [0.3, 0.4) is 0 Å². The first kappa shape index (κ1) is 24.6. The van der Waals surface area contributed by atoms with Crippen molar-refractivity contribution in [2.45, 2.75) is 32.9 Å². The van der Waals surface area contributed by atoms with E-state index in [-0.39, 0.29) is 36.1 Å². The van der Waals surface area contributed by atoms with Gasteiger partial charge < -0.3 is 23.9 Å². The first-order valence-electron chi connectivity index (χ1n) is 12.6. The lowest BCUT2D eigenvalue weighted by Crippen LogP contribution is -2.50. The maximum absolute atomic E-state index is 12.8. The Labute approximate surface area is 216 Å². The fourth-order valence-corrected chi connectivity index (χ4v) is 5.12. The zero-order valence-electron chi connectivity index (χ0n) is 21.2. The molecule has 2 aliphatic heterocycles. The van der Waals surface area contributed by atoms with Gasteiger partial charge in [-0.3, -0.25) is 14.4 Å². The van der Waals surface area contributed by atoms with E-state index >= 15 is 0 Å². The quantitative estimate of drug-likeness (QED) is 0.533. The molecule has 2 aliphatic rings. The Morgan fingerprint density at radius 3 is 2.30 bits per heavy atom. The summed E-state index contributed by atoms with van der Waals surface area (Å²) in [5.41, 5.74) is 3.33. The molecular formula is C29H31N3O5. The van der Waals surface area contributed by atoms with E-state index in [0.29, 0.717) is 44.2 Å². The van der Waals surface area contributed by atoms with Crippen LogP contribution in [-0.2, 0) is 22.6 Å². The summed E-state index contributed by atoms with van der Waals surface area (Å²) in [5, 5.41) is 0. The van der Waals surface area contributed by atoms with Gasteiger partial charge in [0.05, 0.1) is 6.04 Å². The minimum Gasteiger partial charge on any atom is -0.486 e. The number of amides is 3. The highest BCUT2D eigenvalue weighted by molar-refractivity contribution is 5.91. The lowest BCUT2D eigenvalue weighted by atomic mass is 9.88. The van der Waals surface area contributed by atoms with Gasteiger partial charge in [0.15, 0.2) is 5.76 Å². The van der Waals surface area contributed by atoms with Crippen molar-refractivity contribution in [1.82, 2.24) is 14.7 Å². The van der Waals surface area contributed by atoms with Crippen LogP contribution in [0.15, 0.2) is 65.1 Å². The van der Waals surface area contributed by atoms with Crippen LogP contribution in [0.25, 0.3) is 0 Å². The Hall–Kier alpha value is -4.07. The van der Waals surface area contributed by atoms with Gasteiger partial charge in [-0.25, -0.2) is 0 Å². The largest absolute Gasteiger partial charge is 0.486 e. The van der Waals surface area contributed by atoms with Crippen LogP contribution in [-0.4, -0.2) is 65.1 Å². The highest BCUT2D eigenvalue weighted by atomic mass is 16.5. The van der Waals surface area contributed by atoms with Gasteiger partial charge in [0.25, 0.3) is 5.91 Å². The average Bonchev–Trinajstić information content (AvgIpc) is 3.40. The summed E-state index contributed by atoms with van der Waals surface area (Å²) in [6.07, 6.45) is 0.795. The fourth-order valence-electron chi connectivity index (χ4n) is 5.12. The molecule has 8 nitrogen and oxygen atoms in total. The Kier molecular flexibility index (Phi) is 6.99. The van der Waals surface area contributed by atoms with Crippen molar-refractivity contribution in [1.29, 1.82) is 0 Å². The average molecular weight is 502 g/mol. The molecule has 0 aliphatic carbocycles. The Morgan fingerprint density at radius 2 is 1.59 bits per heavy atom. The van der Waals surface area contributed by atoms with Crippen molar-refractivity contribution in [2.75, 3.05) is 32.7 Å². The number of fused-ring (bicyclic) bond motifs is 1. The molecule has 3 aromatic rings. The second kappa shape index (κ2) is 10.5. The van der Waals surface area contributed by atoms with Gasteiger partial charge in [-0.2, -0.15) is 0 Å². The molecule has 0 radical (unpaired) electrons. The number of carbonyl (C=O) groups excluding carboxylic acids is 3. The third-order valence-corrected chi connectivity index (χ3v) is 7.13. The van der Waals surface area contributed by atoms with Gasteiger partial charge in [0.2, 0.25) is 11.8 Å². The van der Waals surface area contributed by atoms with Crippen molar-refractivity contribution in [3.8, 4) is 5.75 Å². The Bertz CT molecular complexity index is 1290. The predicted molar refractivity (Wildman–Crippen MR) is 137 cm³/mol. The van der Waals surface area contributed by atoms with E-state index in [2.05, 4.69) is 6.07 Å². The first-order valence-corrected chi connectivity index (χ1v) is 12.6. The molecule has 0 N–H and O–H groups in total. The monoisotopic (exact) mass is 501 g/mol. The van der Waals surface area contributed by atoms with Crippen LogP contribution in [0.1, 0.15) is 52.9 Å². The second-order valence-electron chi connectivity index (χ2n) is 9.49. The molecule has 3 amide bonds. The van der Waals surface area contributed by atoms with Gasteiger partial charge in [-0.05, 0) is 47.4 Å². The number of ether oxygens (including phenoxy) is 1. The lowest BCUT2D eigenvalue weighted by molar-refractivity contribution is -0.131. The molecule has 8 heteroatoms. The minimum absolute atomic E-state index is 0.0239. The van der Waals surface area contributed by atoms with Gasteiger partial charge in [0.1, 0.15) is 18.1 Å². The van der Waals surface area contributed by atoms with Crippen LogP contribution < -0.4 is 4.74 Å². The molecule has 3 heterocycles. The normalized spacial score (nSPS) is 17.4. The molecule has 192 valence electrons. The molecule has 37 heavy (non-hydrogen) atoms. The van der Waals surface area contributed by atoms with Crippen LogP contribution in [0.2, 0.25) is 0 Å². The molecule has 1 aromatic heterocycles. The number of hydrogen-bond donors (Lipinski definition) is 0. The third kappa shape index (κ3) is 5.23. The third-order valence-electron chi connectivity index (χ3n) is 7.13. The summed E-state index contributed by atoms with van der Waals surface area (Å²) in [4.78, 5) is 42.1. The molecule has 2 aromatic carbocycles. The maximum Gasteiger partial charge on any atom is 0.289 e. The summed E-state index contributed by atoms with van der Waals surface area (Å²) in [7, 11) is 0. The second-order valence-corrected chi connectivity index (χ2v) is 9.49. The number of carbonyl (C=O) groups is 3. The molecular weight excluding hydrogens is 470 g/mol. The van der Waals surface area contributed by atoms with Gasteiger partial charge in [0, 0.05) is 46.6 Å². The van der Waals surface area contributed by atoms with Crippen molar-refractivity contribution in [3.63, 3.8) is 0 Å². The molecule has 5 rings (SSSR count). The standard InChI is InChI=1S/C29H31N3O5/c1-20(33)30-14-16-31(17-15-30)29(35)27-11-10-25(37-27)19-36-24-9-8-22-12-13-32(21(2)34)28(26(22)18-24)23-6-4-3-5-7-23/h3-11,18,28H,12-17,19H2,1-2H3. The minimum atomic E-state index is -0.182. The number of rotatable bonds is 5. The zero-order chi connectivity index (χ0) is 25.9. The number of hydrogen-bond acceptors (Lipinski definition) is 5. The summed E-state index contributed by atoms with van der Waals surface area (Å²) in [5.74, 6) is 1.38. The number of furan rings is 1. The van der Waals surface area contributed by atoms with Crippen LogP contribution in [0.4, 0.5) is 0 Å². The van der Waals surface area contributed by atoms with Crippen molar-refractivity contribution < 1.29 is 23.5 Å². The van der Waals surface area contributed by atoms with Crippen LogP contribution in [0, 0.1) is 0 Å². The van der Waals surface area contributed by atoms with Crippen LogP contribution in [0.5, 0.6) is 5.75 Å². The number of benzene rings is 2. The van der Waals surface area contributed by atoms with E-state index < -0.39 is 0 Å². The van der Waals surface area contributed by atoms with Gasteiger partial charge in [-0.1, -0.05) is 36.4 Å². The SMILES string of the molecule is CC(=O)N1CCN(C(=O)c2ccc(COc3ccc4c(c3)C(c3ccccc3)N(C(C)=O)CC4)o2)CC1. The van der Waals surface area contributed by atoms with E-state index in [9.17, 15) is 14.4 Å². The van der Waals surface area contributed by atoms with Crippen molar-refractivity contribution in [3.05, 3.63) is 88.9 Å². The molecule has 1 saturated heterocycles. The molecule has 1 fully saturated rings. The summed E-state index contributed by atoms with van der Waals surface area (Å²) < 4.78 is 11.8. The van der Waals surface area contributed by atoms with E-state index in [4.69, 9.17) is 9.15 Å². The van der Waals surface area contributed by atoms with E-state index in [1.165, 1.54) is 5.56 Å². The lowest BCUT2D eigenvalue weighted by Gasteiger charge is -2.37. The molecule has 0 spiro atoms. The molecule has 0 bridgehead atoms. The van der Waals surface area contributed by atoms with Crippen molar-refractivity contribution in [2.24, 2.45) is 0 Å². The highest BCUT2D eigenvalue weighted by Crippen LogP contribution is 2.37. The Balaban J connectivity index is 1.28. The summed E-state index contributed by atoms with van der Waals surface area (Å²) in [6.45, 7) is 6.04. The fraction of sp³-hybridized carbons (Fsp3) is 0.345. The predicted octanol–water partition coefficient (Wildman–Crippen LogP) is 3.66. The van der Waals surface area contributed by atoms with E-state index in [1.54, 1.807) is 35.8 Å². The molecule has 1 atom stereocenters. The molecule has 0 saturated carbocycles. The van der Waals surface area contributed by atoms with Gasteiger partial charge >= 0.3 is 0 Å². The summed E-state index contributed by atoms with van der Waals surface area (Å²) >= 11 is 0. The Morgan fingerprint density at radius 1 is 0.865 bits per heavy atom. The van der Waals surface area contributed by atoms with E-state index in [0.717, 1.165) is 17.5 Å². The van der Waals surface area contributed by atoms with Crippen LogP contribution >= 0.6 is 0 Å². The van der Waals surface area contributed by atoms with Crippen molar-refractivity contribution >= 4 is 17.7 Å². The summed E-state index contributed by atoms with van der Waals surface area (Å²) in [6, 6.07) is 19.3. The van der Waals surface area contributed by atoms with E-state index in [1.807, 2.05) is 47.4 Å². The zero-order valence-corrected chi connectivity index (χ0v) is 21.2. The van der Waals surface area contributed by atoms with Gasteiger partial charge in [-0.15, -0.1) is 0 Å². The maximum atomic E-state index is 12.8. The number of nitrogens with zero attached hydrogens (tertiary/aromatic N) is 3. The number of piperazine rings is 1. The first-order chi connectivity index (χ1) is 17.9. The smallest absolute Gasteiger partial charge is 0.289 e.